The molecule has 3 rings (SSSR count). The maximum atomic E-state index is 12.7. The van der Waals surface area contributed by atoms with Crippen LogP contribution in [0, 0.1) is 13.8 Å². The zero-order valence-corrected chi connectivity index (χ0v) is 17.2. The topological polar surface area (TPSA) is 60.7 Å². The van der Waals surface area contributed by atoms with Crippen LogP contribution in [-0.4, -0.2) is 29.8 Å². The lowest BCUT2D eigenvalue weighted by atomic mass is 10.1. The number of methoxy groups -OCH3 is 1. The van der Waals surface area contributed by atoms with E-state index in [1.807, 2.05) is 44.4 Å². The van der Waals surface area contributed by atoms with Crippen LogP contribution in [0.25, 0.3) is 10.2 Å². The molecule has 5 nitrogen and oxygen atoms in total. The Hall–Kier alpha value is -2.38. The van der Waals surface area contributed by atoms with Crippen molar-refractivity contribution in [1.29, 1.82) is 0 Å². The van der Waals surface area contributed by atoms with Crippen molar-refractivity contribution < 1.29 is 14.3 Å². The Balaban J connectivity index is 2.16. The van der Waals surface area contributed by atoms with Crippen LogP contribution >= 0.6 is 23.1 Å². The summed E-state index contributed by atoms with van der Waals surface area (Å²) in [6.07, 6.45) is 1.98. The van der Waals surface area contributed by atoms with Crippen molar-refractivity contribution >= 4 is 45.2 Å². The molecule has 3 aromatic rings. The van der Waals surface area contributed by atoms with E-state index in [2.05, 4.69) is 4.99 Å². The Bertz CT molecular complexity index is 1080. The number of carbonyl (C=O) groups is 2. The van der Waals surface area contributed by atoms with Crippen molar-refractivity contribution in [1.82, 2.24) is 4.57 Å². The van der Waals surface area contributed by atoms with E-state index in [1.165, 1.54) is 18.4 Å². The fraction of sp³-hybridized carbons (Fsp3) is 0.250. The summed E-state index contributed by atoms with van der Waals surface area (Å²) in [5, 5.41) is 0. The van der Waals surface area contributed by atoms with Crippen LogP contribution < -0.4 is 4.80 Å². The molecule has 0 fully saturated rings. The number of thiazole rings is 1. The first-order valence-electron chi connectivity index (χ1n) is 8.34. The highest BCUT2D eigenvalue weighted by Gasteiger charge is 2.15. The summed E-state index contributed by atoms with van der Waals surface area (Å²) in [4.78, 5) is 30.5. The molecule has 0 radical (unpaired) electrons. The minimum atomic E-state index is -0.381. The van der Waals surface area contributed by atoms with E-state index in [-0.39, 0.29) is 18.4 Å². The Morgan fingerprint density at radius 3 is 2.41 bits per heavy atom. The summed E-state index contributed by atoms with van der Waals surface area (Å²) < 4.78 is 7.61. The number of thioether (sulfide) groups is 1. The van der Waals surface area contributed by atoms with Crippen molar-refractivity contribution in [2.24, 2.45) is 4.99 Å². The average Bonchev–Trinajstić information content (AvgIpc) is 3.03. The number of carbonyl (C=O) groups excluding carboxylic acids is 2. The van der Waals surface area contributed by atoms with Gasteiger partial charge in [0.15, 0.2) is 4.80 Å². The van der Waals surface area contributed by atoms with Gasteiger partial charge in [0.25, 0.3) is 5.91 Å². The standard InChI is InChI=1S/C20H20N2O3S2/c1-12-5-6-13(2)18-17(12)22(11-16(23)25-3)20(27-18)21-19(24)14-7-9-15(26-4)10-8-14/h5-10H,11H2,1-4H3. The molecule has 7 heteroatoms. The molecule has 0 aliphatic carbocycles. The molecule has 0 bridgehead atoms. The Kier molecular flexibility index (Phi) is 5.82. The number of esters is 1. The Morgan fingerprint density at radius 2 is 1.78 bits per heavy atom. The molecule has 27 heavy (non-hydrogen) atoms. The Morgan fingerprint density at radius 1 is 1.11 bits per heavy atom. The van der Waals surface area contributed by atoms with Crippen LogP contribution in [0.2, 0.25) is 0 Å². The molecule has 0 aliphatic heterocycles. The van der Waals surface area contributed by atoms with Gasteiger partial charge in [0.05, 0.1) is 17.3 Å². The molecule has 1 amide bonds. The molecule has 1 heterocycles. The molecule has 0 unspecified atom stereocenters. The van der Waals surface area contributed by atoms with Crippen molar-refractivity contribution in [3.8, 4) is 0 Å². The summed E-state index contributed by atoms with van der Waals surface area (Å²) in [6, 6.07) is 11.4. The SMILES string of the molecule is COC(=O)Cn1c(=NC(=O)c2ccc(SC)cc2)sc2c(C)ccc(C)c21. The molecule has 0 N–H and O–H groups in total. The lowest BCUT2D eigenvalue weighted by Gasteiger charge is -2.06. The number of aryl methyl sites for hydroxylation is 2. The van der Waals surface area contributed by atoms with Gasteiger partial charge in [0, 0.05) is 10.5 Å². The number of hydrogen-bond donors (Lipinski definition) is 0. The van der Waals surface area contributed by atoms with Crippen LogP contribution in [0.4, 0.5) is 0 Å². The molecule has 1 aromatic heterocycles. The van der Waals surface area contributed by atoms with E-state index >= 15 is 0 Å². The highest BCUT2D eigenvalue weighted by atomic mass is 32.2. The van der Waals surface area contributed by atoms with Gasteiger partial charge in [-0.05, 0) is 55.5 Å². The van der Waals surface area contributed by atoms with Gasteiger partial charge in [0.1, 0.15) is 6.54 Å². The summed E-state index contributed by atoms with van der Waals surface area (Å²) in [7, 11) is 1.35. The maximum absolute atomic E-state index is 12.7. The average molecular weight is 401 g/mol. The molecular weight excluding hydrogens is 380 g/mol. The second-order valence-corrected chi connectivity index (χ2v) is 7.93. The van der Waals surface area contributed by atoms with Crippen molar-refractivity contribution in [3.05, 3.63) is 57.9 Å². The predicted molar refractivity (Wildman–Crippen MR) is 109 cm³/mol. The summed E-state index contributed by atoms with van der Waals surface area (Å²) in [5.74, 6) is -0.711. The minimum Gasteiger partial charge on any atom is -0.468 e. The molecular formula is C20H20N2O3S2. The van der Waals surface area contributed by atoms with Crippen molar-refractivity contribution in [3.63, 3.8) is 0 Å². The largest absolute Gasteiger partial charge is 0.468 e. The zero-order valence-electron chi connectivity index (χ0n) is 15.6. The second-order valence-electron chi connectivity index (χ2n) is 6.07. The molecule has 2 aromatic carbocycles. The molecule has 0 aliphatic rings. The third-order valence-electron chi connectivity index (χ3n) is 4.27. The van der Waals surface area contributed by atoms with Crippen molar-refractivity contribution in [2.75, 3.05) is 13.4 Å². The number of amides is 1. The number of aromatic nitrogens is 1. The number of ether oxygens (including phenoxy) is 1. The molecule has 0 saturated carbocycles. The van der Waals surface area contributed by atoms with E-state index in [4.69, 9.17) is 4.74 Å². The normalized spacial score (nSPS) is 11.8. The Labute approximate surface area is 165 Å². The van der Waals surface area contributed by atoms with Gasteiger partial charge in [-0.15, -0.1) is 11.8 Å². The lowest BCUT2D eigenvalue weighted by Crippen LogP contribution is -2.22. The van der Waals surface area contributed by atoms with E-state index in [9.17, 15) is 9.59 Å². The third-order valence-corrected chi connectivity index (χ3v) is 6.23. The van der Waals surface area contributed by atoms with E-state index in [0.717, 1.165) is 26.2 Å². The monoisotopic (exact) mass is 400 g/mol. The number of rotatable bonds is 4. The van der Waals surface area contributed by atoms with Gasteiger partial charge in [-0.25, -0.2) is 0 Å². The molecule has 0 saturated heterocycles. The van der Waals surface area contributed by atoms with E-state index in [0.29, 0.717) is 10.4 Å². The van der Waals surface area contributed by atoms with E-state index < -0.39 is 0 Å². The summed E-state index contributed by atoms with van der Waals surface area (Å²) in [5.41, 5.74) is 3.53. The van der Waals surface area contributed by atoms with E-state index in [1.54, 1.807) is 28.5 Å². The first-order valence-corrected chi connectivity index (χ1v) is 10.4. The van der Waals surface area contributed by atoms with Gasteiger partial charge < -0.3 is 9.30 Å². The smallest absolute Gasteiger partial charge is 0.325 e. The quantitative estimate of drug-likeness (QED) is 0.491. The van der Waals surface area contributed by atoms with Crippen LogP contribution in [0.5, 0.6) is 0 Å². The van der Waals surface area contributed by atoms with Crippen LogP contribution in [0.1, 0.15) is 21.5 Å². The fourth-order valence-electron chi connectivity index (χ4n) is 2.79. The van der Waals surface area contributed by atoms with Crippen LogP contribution in [0.3, 0.4) is 0 Å². The highest BCUT2D eigenvalue weighted by molar-refractivity contribution is 7.98. The van der Waals surface area contributed by atoms with Gasteiger partial charge in [0.2, 0.25) is 0 Å². The second kappa shape index (κ2) is 8.10. The predicted octanol–water partition coefficient (Wildman–Crippen LogP) is 3.96. The lowest BCUT2D eigenvalue weighted by molar-refractivity contribution is -0.141. The first-order chi connectivity index (χ1) is 12.9. The first kappa shape index (κ1) is 19.4. The number of nitrogens with zero attached hydrogens (tertiary/aromatic N) is 2. The van der Waals surface area contributed by atoms with Gasteiger partial charge in [-0.2, -0.15) is 4.99 Å². The molecule has 140 valence electrons. The zero-order chi connectivity index (χ0) is 19.6. The summed E-state index contributed by atoms with van der Waals surface area (Å²) in [6.45, 7) is 4.00. The number of hydrogen-bond acceptors (Lipinski definition) is 5. The van der Waals surface area contributed by atoms with Crippen LogP contribution in [-0.2, 0) is 16.1 Å². The van der Waals surface area contributed by atoms with Gasteiger partial charge in [-0.1, -0.05) is 23.5 Å². The molecule has 0 spiro atoms. The minimum absolute atomic E-state index is 0.0122. The summed E-state index contributed by atoms with van der Waals surface area (Å²) >= 11 is 3.03. The van der Waals surface area contributed by atoms with Gasteiger partial charge in [-0.3, -0.25) is 9.59 Å². The van der Waals surface area contributed by atoms with Gasteiger partial charge >= 0.3 is 5.97 Å². The molecule has 0 atom stereocenters. The van der Waals surface area contributed by atoms with Crippen LogP contribution in [0.15, 0.2) is 46.3 Å². The maximum Gasteiger partial charge on any atom is 0.325 e. The fourth-order valence-corrected chi connectivity index (χ4v) is 4.37. The number of fused-ring (bicyclic) bond motifs is 1. The third kappa shape index (κ3) is 3.99. The highest BCUT2D eigenvalue weighted by Crippen LogP contribution is 2.25. The van der Waals surface area contributed by atoms with Crippen molar-refractivity contribution in [2.45, 2.75) is 25.3 Å². The number of benzene rings is 2.